The highest BCUT2D eigenvalue weighted by Gasteiger charge is 2.41. The van der Waals surface area contributed by atoms with Gasteiger partial charge in [-0.15, -0.1) is 0 Å². The summed E-state index contributed by atoms with van der Waals surface area (Å²) in [5, 5.41) is 2.86. The van der Waals surface area contributed by atoms with E-state index in [4.69, 9.17) is 4.42 Å². The summed E-state index contributed by atoms with van der Waals surface area (Å²) in [7, 11) is 0. The molecule has 6 heteroatoms. The Hall–Kier alpha value is -1.01. The molecule has 0 spiro atoms. The number of alkyl halides is 3. The van der Waals surface area contributed by atoms with Gasteiger partial charge in [0.1, 0.15) is 5.76 Å². The van der Waals surface area contributed by atoms with Gasteiger partial charge in [0, 0.05) is 38.6 Å². The van der Waals surface area contributed by atoms with Crippen molar-refractivity contribution in [1.29, 1.82) is 0 Å². The molecule has 0 radical (unpaired) electrons. The lowest BCUT2D eigenvalue weighted by Gasteiger charge is -2.30. The summed E-state index contributed by atoms with van der Waals surface area (Å²) in [4.78, 5) is 1.89. The molecule has 1 fully saturated rings. The predicted octanol–water partition coefficient (Wildman–Crippen LogP) is 2.29. The maximum Gasteiger partial charge on any atom is 0.394 e. The van der Waals surface area contributed by atoms with Crippen LogP contribution in [-0.4, -0.2) is 43.3 Å². The maximum absolute atomic E-state index is 12.9. The fraction of sp³-hybridized carbons (Fsp3) is 0.692. The molecule has 0 amide bonds. The van der Waals surface area contributed by atoms with Crippen molar-refractivity contribution in [3.8, 4) is 0 Å². The minimum absolute atomic E-state index is 0.00741. The van der Waals surface area contributed by atoms with Crippen LogP contribution in [0.3, 0.4) is 0 Å². The molecule has 2 atom stereocenters. The van der Waals surface area contributed by atoms with Crippen molar-refractivity contribution < 1.29 is 17.6 Å². The Morgan fingerprint density at radius 3 is 2.95 bits per heavy atom. The first-order valence-corrected chi connectivity index (χ1v) is 6.50. The van der Waals surface area contributed by atoms with Gasteiger partial charge in [-0.2, -0.15) is 13.2 Å². The van der Waals surface area contributed by atoms with Crippen molar-refractivity contribution in [2.75, 3.05) is 26.2 Å². The molecule has 2 rings (SSSR count). The molecule has 3 nitrogen and oxygen atoms in total. The molecule has 108 valence electrons. The van der Waals surface area contributed by atoms with Crippen LogP contribution in [0.15, 0.2) is 22.8 Å². The van der Waals surface area contributed by atoms with Crippen LogP contribution in [0.1, 0.15) is 12.7 Å². The van der Waals surface area contributed by atoms with Crippen molar-refractivity contribution in [3.63, 3.8) is 0 Å². The Bertz CT molecular complexity index is 378. The van der Waals surface area contributed by atoms with Crippen molar-refractivity contribution >= 4 is 0 Å². The van der Waals surface area contributed by atoms with E-state index in [1.165, 1.54) is 0 Å². The van der Waals surface area contributed by atoms with Crippen molar-refractivity contribution in [1.82, 2.24) is 10.2 Å². The van der Waals surface area contributed by atoms with E-state index in [-0.39, 0.29) is 19.1 Å². The summed E-state index contributed by atoms with van der Waals surface area (Å²) in [6.45, 7) is 3.23. The molecular weight excluding hydrogens is 257 g/mol. The van der Waals surface area contributed by atoms with Crippen LogP contribution < -0.4 is 5.32 Å². The number of furan rings is 1. The normalized spacial score (nSPS) is 24.1. The van der Waals surface area contributed by atoms with Gasteiger partial charge in [-0.05, 0) is 19.1 Å². The summed E-state index contributed by atoms with van der Waals surface area (Å²) in [6, 6.07) is 3.69. The van der Waals surface area contributed by atoms with E-state index in [1.807, 2.05) is 17.9 Å². The second-order valence-corrected chi connectivity index (χ2v) is 5.07. The van der Waals surface area contributed by atoms with Gasteiger partial charge in [0.2, 0.25) is 0 Å². The molecule has 0 saturated carbocycles. The molecule has 1 N–H and O–H groups in total. The number of nitrogens with one attached hydrogen (secondary N) is 1. The Kier molecular flexibility index (Phi) is 4.52. The van der Waals surface area contributed by atoms with Gasteiger partial charge < -0.3 is 9.73 Å². The molecule has 1 aromatic rings. The quantitative estimate of drug-likeness (QED) is 0.918. The van der Waals surface area contributed by atoms with E-state index in [1.54, 1.807) is 12.3 Å². The molecule has 19 heavy (non-hydrogen) atoms. The van der Waals surface area contributed by atoms with Gasteiger partial charge in [-0.1, -0.05) is 0 Å². The molecule has 1 saturated heterocycles. The number of halogens is 3. The first-order valence-electron chi connectivity index (χ1n) is 6.50. The van der Waals surface area contributed by atoms with E-state index in [0.29, 0.717) is 19.5 Å². The smallest absolute Gasteiger partial charge is 0.394 e. The van der Waals surface area contributed by atoms with Crippen molar-refractivity contribution in [3.05, 3.63) is 24.2 Å². The zero-order chi connectivity index (χ0) is 13.9. The molecule has 0 bridgehead atoms. The second-order valence-electron chi connectivity index (χ2n) is 5.07. The monoisotopic (exact) mass is 276 g/mol. The van der Waals surface area contributed by atoms with Gasteiger partial charge in [-0.3, -0.25) is 4.90 Å². The molecule has 1 aliphatic heterocycles. The lowest BCUT2D eigenvalue weighted by molar-refractivity contribution is -0.176. The van der Waals surface area contributed by atoms with E-state index < -0.39 is 12.1 Å². The summed E-state index contributed by atoms with van der Waals surface area (Å²) in [5.41, 5.74) is 0. The molecular formula is C13H19F3N2O. The Morgan fingerprint density at radius 1 is 1.53 bits per heavy atom. The van der Waals surface area contributed by atoms with Crippen LogP contribution in [0.5, 0.6) is 0 Å². The van der Waals surface area contributed by atoms with Gasteiger partial charge in [0.15, 0.2) is 0 Å². The average molecular weight is 276 g/mol. The number of nitrogens with zero attached hydrogens (tertiary/aromatic N) is 1. The molecule has 1 aliphatic rings. The highest BCUT2D eigenvalue weighted by atomic mass is 19.4. The predicted molar refractivity (Wildman–Crippen MR) is 65.9 cm³/mol. The Labute approximate surface area is 110 Å². The first-order chi connectivity index (χ1) is 8.97. The maximum atomic E-state index is 12.9. The minimum Gasteiger partial charge on any atom is -0.469 e. The van der Waals surface area contributed by atoms with Crippen LogP contribution in [0.2, 0.25) is 0 Å². The SMILES string of the molecule is CC(Cc1ccco1)N1CCNCC(C(F)(F)F)C1. The summed E-state index contributed by atoms with van der Waals surface area (Å²) in [6.07, 6.45) is -1.91. The van der Waals surface area contributed by atoms with Crippen molar-refractivity contribution in [2.24, 2.45) is 5.92 Å². The zero-order valence-corrected chi connectivity index (χ0v) is 10.9. The second kappa shape index (κ2) is 5.96. The Balaban J connectivity index is 1.97. The van der Waals surface area contributed by atoms with Gasteiger partial charge in [0.05, 0.1) is 12.2 Å². The molecule has 0 aromatic carbocycles. The number of rotatable bonds is 3. The first kappa shape index (κ1) is 14.4. The summed E-state index contributed by atoms with van der Waals surface area (Å²) < 4.78 is 43.8. The van der Waals surface area contributed by atoms with E-state index in [2.05, 4.69) is 5.32 Å². The fourth-order valence-electron chi connectivity index (χ4n) is 2.41. The summed E-state index contributed by atoms with van der Waals surface area (Å²) in [5.74, 6) is -0.484. The van der Waals surface area contributed by atoms with Gasteiger partial charge in [-0.25, -0.2) is 0 Å². The van der Waals surface area contributed by atoms with Crippen LogP contribution in [0.4, 0.5) is 13.2 Å². The fourth-order valence-corrected chi connectivity index (χ4v) is 2.41. The van der Waals surface area contributed by atoms with Crippen molar-refractivity contribution in [2.45, 2.75) is 25.6 Å². The topological polar surface area (TPSA) is 28.4 Å². The third-order valence-corrected chi connectivity index (χ3v) is 3.58. The van der Waals surface area contributed by atoms with E-state index >= 15 is 0 Å². The zero-order valence-electron chi connectivity index (χ0n) is 10.9. The Morgan fingerprint density at radius 2 is 2.32 bits per heavy atom. The molecule has 2 heterocycles. The lowest BCUT2D eigenvalue weighted by atomic mass is 10.1. The number of hydrogen-bond donors (Lipinski definition) is 1. The molecule has 1 aromatic heterocycles. The number of hydrogen-bond acceptors (Lipinski definition) is 3. The highest BCUT2D eigenvalue weighted by Crippen LogP contribution is 2.28. The third-order valence-electron chi connectivity index (χ3n) is 3.58. The standard InChI is InChI=1S/C13H19F3N2O/c1-10(7-12-3-2-6-19-12)18-5-4-17-8-11(9-18)13(14,15)16/h2-3,6,10-11,17H,4-5,7-9H2,1H3. The molecule has 0 aliphatic carbocycles. The van der Waals surface area contributed by atoms with Crippen LogP contribution in [0, 0.1) is 5.92 Å². The highest BCUT2D eigenvalue weighted by molar-refractivity contribution is 5.00. The van der Waals surface area contributed by atoms with E-state index in [0.717, 1.165) is 5.76 Å². The van der Waals surface area contributed by atoms with Gasteiger partial charge in [0.25, 0.3) is 0 Å². The summed E-state index contributed by atoms with van der Waals surface area (Å²) >= 11 is 0. The lowest BCUT2D eigenvalue weighted by Crippen LogP contribution is -2.42. The minimum atomic E-state index is -4.14. The van der Waals surface area contributed by atoms with E-state index in [9.17, 15) is 13.2 Å². The largest absolute Gasteiger partial charge is 0.469 e. The third kappa shape index (κ3) is 3.98. The molecule has 2 unspecified atom stereocenters. The van der Waals surface area contributed by atoms with Crippen LogP contribution >= 0.6 is 0 Å². The van der Waals surface area contributed by atoms with Crippen LogP contribution in [0.25, 0.3) is 0 Å². The van der Waals surface area contributed by atoms with Gasteiger partial charge >= 0.3 is 6.18 Å². The van der Waals surface area contributed by atoms with Crippen LogP contribution in [-0.2, 0) is 6.42 Å². The average Bonchev–Trinajstić information content (AvgIpc) is 2.69.